The molecule has 1 fully saturated rings. The molecule has 0 saturated carbocycles. The number of fused-ring (bicyclic) bond motifs is 1. The van der Waals surface area contributed by atoms with Gasteiger partial charge in [0.25, 0.3) is 0 Å². The number of benzene rings is 1. The van der Waals surface area contributed by atoms with E-state index in [0.717, 1.165) is 17.7 Å². The molecule has 0 aliphatic carbocycles. The Morgan fingerprint density at radius 1 is 1.40 bits per heavy atom. The topological polar surface area (TPSA) is 55.4 Å². The molecule has 1 unspecified atom stereocenters. The predicted molar refractivity (Wildman–Crippen MR) is 78.8 cm³/mol. The first-order valence-corrected chi connectivity index (χ1v) is 8.90. The van der Waals surface area contributed by atoms with Crippen molar-refractivity contribution >= 4 is 9.84 Å². The number of ether oxygens (including phenoxy) is 1. The Morgan fingerprint density at radius 3 is 2.90 bits per heavy atom. The number of rotatable bonds is 3. The number of hydrogen-bond donors (Lipinski definition) is 1. The Bertz CT molecular complexity index is 622. The monoisotopic (exact) mass is 295 g/mol. The van der Waals surface area contributed by atoms with Crippen LogP contribution in [0, 0.1) is 0 Å². The van der Waals surface area contributed by atoms with Gasteiger partial charge in [0.2, 0.25) is 0 Å². The van der Waals surface area contributed by atoms with Crippen LogP contribution < -0.4 is 10.1 Å². The van der Waals surface area contributed by atoms with Crippen molar-refractivity contribution in [2.45, 2.75) is 44.9 Å². The summed E-state index contributed by atoms with van der Waals surface area (Å²) in [7, 11) is -2.82. The largest absolute Gasteiger partial charge is 0.487 e. The lowest BCUT2D eigenvalue weighted by molar-refractivity contribution is 0.137. The van der Waals surface area contributed by atoms with Crippen molar-refractivity contribution in [3.8, 4) is 5.75 Å². The quantitative estimate of drug-likeness (QED) is 0.922. The highest BCUT2D eigenvalue weighted by Gasteiger charge is 2.32. The van der Waals surface area contributed by atoms with Crippen molar-refractivity contribution in [2.24, 2.45) is 0 Å². The first-order chi connectivity index (χ1) is 9.35. The van der Waals surface area contributed by atoms with Gasteiger partial charge < -0.3 is 10.1 Å². The SMILES string of the molecule is CC1(C)Cc2cccc(CNC3CCS(=O)(=O)C3)c2O1. The molecule has 5 heteroatoms. The molecule has 110 valence electrons. The smallest absolute Gasteiger partial charge is 0.151 e. The molecule has 1 saturated heterocycles. The second kappa shape index (κ2) is 4.74. The summed E-state index contributed by atoms with van der Waals surface area (Å²) in [5.41, 5.74) is 2.22. The number of nitrogens with one attached hydrogen (secondary N) is 1. The second-order valence-corrected chi connectivity index (χ2v) is 8.65. The highest BCUT2D eigenvalue weighted by Crippen LogP contribution is 2.37. The van der Waals surface area contributed by atoms with Crippen molar-refractivity contribution in [1.82, 2.24) is 5.32 Å². The van der Waals surface area contributed by atoms with Gasteiger partial charge in [-0.3, -0.25) is 0 Å². The van der Waals surface area contributed by atoms with E-state index in [1.807, 2.05) is 6.07 Å². The maximum Gasteiger partial charge on any atom is 0.151 e. The third kappa shape index (κ3) is 2.83. The summed E-state index contributed by atoms with van der Waals surface area (Å²) < 4.78 is 28.9. The van der Waals surface area contributed by atoms with Crippen LogP contribution in [-0.2, 0) is 22.8 Å². The van der Waals surface area contributed by atoms with E-state index in [2.05, 4.69) is 31.3 Å². The summed E-state index contributed by atoms with van der Waals surface area (Å²) in [5.74, 6) is 1.54. The Labute approximate surface area is 120 Å². The third-order valence-corrected chi connectivity index (χ3v) is 5.75. The van der Waals surface area contributed by atoms with Gasteiger partial charge in [-0.2, -0.15) is 0 Å². The molecule has 20 heavy (non-hydrogen) atoms. The van der Waals surface area contributed by atoms with Crippen LogP contribution in [0.5, 0.6) is 5.75 Å². The van der Waals surface area contributed by atoms with E-state index in [-0.39, 0.29) is 17.4 Å². The van der Waals surface area contributed by atoms with Gasteiger partial charge in [-0.15, -0.1) is 0 Å². The molecular weight excluding hydrogens is 274 g/mol. The summed E-state index contributed by atoms with van der Waals surface area (Å²) in [6, 6.07) is 6.28. The standard InChI is InChI=1S/C15H21NO3S/c1-15(2)8-11-4-3-5-12(14(11)19-15)9-16-13-6-7-20(17,18)10-13/h3-5,13,16H,6-10H2,1-2H3. The van der Waals surface area contributed by atoms with Gasteiger partial charge in [0.05, 0.1) is 11.5 Å². The van der Waals surface area contributed by atoms with Crippen molar-refractivity contribution in [3.63, 3.8) is 0 Å². The molecular formula is C15H21NO3S. The van der Waals surface area contributed by atoms with E-state index >= 15 is 0 Å². The molecule has 1 aromatic carbocycles. The summed E-state index contributed by atoms with van der Waals surface area (Å²) in [6.45, 7) is 4.85. The van der Waals surface area contributed by atoms with Crippen molar-refractivity contribution in [1.29, 1.82) is 0 Å². The van der Waals surface area contributed by atoms with Crippen LogP contribution in [0.25, 0.3) is 0 Å². The van der Waals surface area contributed by atoms with E-state index in [1.165, 1.54) is 5.56 Å². The lowest BCUT2D eigenvalue weighted by Gasteiger charge is -2.19. The van der Waals surface area contributed by atoms with Crippen LogP contribution in [0.3, 0.4) is 0 Å². The molecule has 4 nitrogen and oxygen atoms in total. The Morgan fingerprint density at radius 2 is 2.20 bits per heavy atom. The van der Waals surface area contributed by atoms with Crippen LogP contribution >= 0.6 is 0 Å². The first-order valence-electron chi connectivity index (χ1n) is 7.08. The predicted octanol–water partition coefficient (Wildman–Crippen LogP) is 1.68. The van der Waals surface area contributed by atoms with Gasteiger partial charge in [-0.25, -0.2) is 8.42 Å². The summed E-state index contributed by atoms with van der Waals surface area (Å²) >= 11 is 0. The molecule has 0 spiro atoms. The van der Waals surface area contributed by atoms with Crippen LogP contribution in [-0.4, -0.2) is 31.6 Å². The van der Waals surface area contributed by atoms with Gasteiger partial charge in [-0.05, 0) is 25.8 Å². The number of sulfone groups is 1. The molecule has 2 aliphatic heterocycles. The highest BCUT2D eigenvalue weighted by molar-refractivity contribution is 7.91. The van der Waals surface area contributed by atoms with E-state index in [1.54, 1.807) is 0 Å². The molecule has 2 aliphatic rings. The Kier molecular flexibility index (Phi) is 3.29. The minimum absolute atomic E-state index is 0.0743. The van der Waals surface area contributed by atoms with Crippen LogP contribution in [0.15, 0.2) is 18.2 Å². The normalized spacial score (nSPS) is 26.2. The van der Waals surface area contributed by atoms with Gasteiger partial charge >= 0.3 is 0 Å². The second-order valence-electron chi connectivity index (χ2n) is 6.42. The van der Waals surface area contributed by atoms with Crippen LogP contribution in [0.1, 0.15) is 31.4 Å². The fourth-order valence-electron chi connectivity index (χ4n) is 3.03. The molecule has 1 N–H and O–H groups in total. The van der Waals surface area contributed by atoms with E-state index < -0.39 is 9.84 Å². The minimum Gasteiger partial charge on any atom is -0.487 e. The first kappa shape index (κ1) is 13.9. The number of para-hydroxylation sites is 1. The minimum atomic E-state index is -2.82. The average Bonchev–Trinajstić information content (AvgIpc) is 2.84. The molecule has 0 bridgehead atoms. The maximum absolute atomic E-state index is 11.5. The molecule has 2 heterocycles. The van der Waals surface area contributed by atoms with Gasteiger partial charge in [-0.1, -0.05) is 18.2 Å². The molecule has 0 amide bonds. The van der Waals surface area contributed by atoms with E-state index in [4.69, 9.17) is 4.74 Å². The highest BCUT2D eigenvalue weighted by atomic mass is 32.2. The summed E-state index contributed by atoms with van der Waals surface area (Å²) in [5, 5.41) is 3.35. The van der Waals surface area contributed by atoms with Gasteiger partial charge in [0.15, 0.2) is 9.84 Å². The maximum atomic E-state index is 11.5. The van der Waals surface area contributed by atoms with Gasteiger partial charge in [0, 0.05) is 24.6 Å². The summed E-state index contributed by atoms with van der Waals surface area (Å²) in [4.78, 5) is 0. The zero-order valence-electron chi connectivity index (χ0n) is 12.0. The summed E-state index contributed by atoms with van der Waals surface area (Å²) in [6.07, 6.45) is 1.64. The van der Waals surface area contributed by atoms with E-state index in [9.17, 15) is 8.42 Å². The average molecular weight is 295 g/mol. The molecule has 1 aromatic rings. The van der Waals surface area contributed by atoms with Crippen LogP contribution in [0.4, 0.5) is 0 Å². The van der Waals surface area contributed by atoms with Crippen molar-refractivity contribution < 1.29 is 13.2 Å². The fraction of sp³-hybridized carbons (Fsp3) is 0.600. The Hall–Kier alpha value is -1.07. The van der Waals surface area contributed by atoms with Crippen LogP contribution in [0.2, 0.25) is 0 Å². The van der Waals surface area contributed by atoms with Gasteiger partial charge in [0.1, 0.15) is 11.4 Å². The number of hydrogen-bond acceptors (Lipinski definition) is 4. The van der Waals surface area contributed by atoms with E-state index in [0.29, 0.717) is 18.7 Å². The lowest BCUT2D eigenvalue weighted by atomic mass is 10.0. The van der Waals surface area contributed by atoms with Crippen molar-refractivity contribution in [3.05, 3.63) is 29.3 Å². The zero-order chi connectivity index (χ0) is 14.4. The molecule has 0 radical (unpaired) electrons. The zero-order valence-corrected chi connectivity index (χ0v) is 12.8. The molecule has 3 rings (SSSR count). The molecule has 0 aromatic heterocycles. The lowest BCUT2D eigenvalue weighted by Crippen LogP contribution is -2.30. The van der Waals surface area contributed by atoms with Crippen molar-refractivity contribution in [2.75, 3.05) is 11.5 Å². The molecule has 1 atom stereocenters. The fourth-order valence-corrected chi connectivity index (χ4v) is 4.74. The third-order valence-electron chi connectivity index (χ3n) is 3.99. The Balaban J connectivity index is 1.70.